The molecule has 1 N–H and O–H groups in total. The topological polar surface area (TPSA) is 78.0 Å². The number of halogens is 1. The van der Waals surface area contributed by atoms with Gasteiger partial charge < -0.3 is 19.2 Å². The van der Waals surface area contributed by atoms with Gasteiger partial charge in [0.15, 0.2) is 11.5 Å². The predicted molar refractivity (Wildman–Crippen MR) is 129 cm³/mol. The first-order valence-electron chi connectivity index (χ1n) is 11.0. The molecule has 0 bridgehead atoms. The Hall–Kier alpha value is -3.26. The van der Waals surface area contributed by atoms with E-state index < -0.39 is 5.97 Å². The Morgan fingerprint density at radius 2 is 2.00 bits per heavy atom. The van der Waals surface area contributed by atoms with Gasteiger partial charge in [0.1, 0.15) is 17.2 Å². The highest BCUT2D eigenvalue weighted by Gasteiger charge is 2.22. The number of aromatic nitrogens is 2. The Morgan fingerprint density at radius 1 is 1.15 bits per heavy atom. The van der Waals surface area contributed by atoms with E-state index in [9.17, 15) is 4.79 Å². The number of benzene rings is 1. The van der Waals surface area contributed by atoms with E-state index in [1.165, 1.54) is 25.5 Å². The summed E-state index contributed by atoms with van der Waals surface area (Å²) in [6.07, 6.45) is 9.50. The molecule has 1 saturated carbocycles. The number of ether oxygens (including phenoxy) is 2. The van der Waals surface area contributed by atoms with Crippen molar-refractivity contribution in [2.75, 3.05) is 12.4 Å². The van der Waals surface area contributed by atoms with Gasteiger partial charge in [-0.15, -0.1) is 0 Å². The second kappa shape index (κ2) is 9.31. The molecular weight excluding hydrogens is 486 g/mol. The zero-order valence-electron chi connectivity index (χ0n) is 18.2. The standard InChI is InChI=1S/C25H24BrN3O4/c1-31-21-14-16(9-11-19(21)33-25(30)20-8-5-13-32-20)23-24(27-18-6-3-2-4-7-18)29-15-17(26)10-12-22(29)28-23/h5,8-15,18,27H,2-4,6-7H2,1H3. The maximum atomic E-state index is 12.3. The van der Waals surface area contributed by atoms with Crippen molar-refractivity contribution in [1.29, 1.82) is 0 Å². The molecule has 4 aromatic rings. The summed E-state index contributed by atoms with van der Waals surface area (Å²) in [6.45, 7) is 0. The van der Waals surface area contributed by atoms with Crippen LogP contribution in [0.1, 0.15) is 42.7 Å². The lowest BCUT2D eigenvalue weighted by atomic mass is 9.95. The van der Waals surface area contributed by atoms with Crippen LogP contribution in [0.5, 0.6) is 11.5 Å². The third kappa shape index (κ3) is 4.48. The number of esters is 1. The van der Waals surface area contributed by atoms with Gasteiger partial charge in [-0.25, -0.2) is 9.78 Å². The number of rotatable bonds is 6. The van der Waals surface area contributed by atoms with E-state index in [-0.39, 0.29) is 5.76 Å². The molecule has 1 aliphatic carbocycles. The zero-order chi connectivity index (χ0) is 22.8. The number of anilines is 1. The lowest BCUT2D eigenvalue weighted by molar-refractivity contribution is 0.0696. The highest BCUT2D eigenvalue weighted by Crippen LogP contribution is 2.37. The molecule has 0 spiro atoms. The highest BCUT2D eigenvalue weighted by molar-refractivity contribution is 9.10. The largest absolute Gasteiger partial charge is 0.493 e. The van der Waals surface area contributed by atoms with Gasteiger partial charge in [0.25, 0.3) is 0 Å². The monoisotopic (exact) mass is 509 g/mol. The van der Waals surface area contributed by atoms with Crippen molar-refractivity contribution >= 4 is 33.4 Å². The number of hydrogen-bond acceptors (Lipinski definition) is 6. The lowest BCUT2D eigenvalue weighted by Crippen LogP contribution is -2.23. The van der Waals surface area contributed by atoms with Gasteiger partial charge in [0, 0.05) is 22.3 Å². The Bertz CT molecular complexity index is 1280. The molecule has 1 aromatic carbocycles. The summed E-state index contributed by atoms with van der Waals surface area (Å²) in [7, 11) is 1.55. The molecule has 5 rings (SSSR count). The van der Waals surface area contributed by atoms with Crippen LogP contribution >= 0.6 is 15.9 Å². The van der Waals surface area contributed by atoms with Crippen LogP contribution in [-0.2, 0) is 0 Å². The normalized spacial score (nSPS) is 14.4. The van der Waals surface area contributed by atoms with Gasteiger partial charge in [-0.1, -0.05) is 19.3 Å². The van der Waals surface area contributed by atoms with E-state index >= 15 is 0 Å². The maximum Gasteiger partial charge on any atom is 0.379 e. The second-order valence-electron chi connectivity index (χ2n) is 8.10. The van der Waals surface area contributed by atoms with Crippen LogP contribution in [0.2, 0.25) is 0 Å². The number of fused-ring (bicyclic) bond motifs is 1. The Kier molecular flexibility index (Phi) is 6.09. The molecule has 0 aliphatic heterocycles. The molecule has 3 aromatic heterocycles. The molecule has 1 aliphatic rings. The van der Waals surface area contributed by atoms with Gasteiger partial charge >= 0.3 is 5.97 Å². The van der Waals surface area contributed by atoms with Crippen molar-refractivity contribution in [3.8, 4) is 22.8 Å². The molecule has 8 heteroatoms. The van der Waals surface area contributed by atoms with Gasteiger partial charge in [0.05, 0.1) is 13.4 Å². The maximum absolute atomic E-state index is 12.3. The molecule has 1 fully saturated rings. The van der Waals surface area contributed by atoms with Gasteiger partial charge in [-0.2, -0.15) is 0 Å². The fourth-order valence-corrected chi connectivity index (χ4v) is 4.58. The quantitative estimate of drug-likeness (QED) is 0.241. The summed E-state index contributed by atoms with van der Waals surface area (Å²) in [5, 5.41) is 3.74. The molecule has 33 heavy (non-hydrogen) atoms. The van der Waals surface area contributed by atoms with E-state index in [4.69, 9.17) is 18.9 Å². The van der Waals surface area contributed by atoms with Crippen LogP contribution in [0.15, 0.2) is 63.8 Å². The van der Waals surface area contributed by atoms with Gasteiger partial charge in [-0.3, -0.25) is 4.40 Å². The summed E-state index contributed by atoms with van der Waals surface area (Å²) in [5.74, 6) is 1.25. The lowest BCUT2D eigenvalue weighted by Gasteiger charge is -2.24. The van der Waals surface area contributed by atoms with E-state index in [2.05, 4.69) is 25.6 Å². The predicted octanol–water partition coefficient (Wildman–Crippen LogP) is 6.33. The van der Waals surface area contributed by atoms with Crippen molar-refractivity contribution in [2.24, 2.45) is 0 Å². The average Bonchev–Trinajstić information content (AvgIpc) is 3.49. The zero-order valence-corrected chi connectivity index (χ0v) is 19.8. The van der Waals surface area contributed by atoms with Crippen LogP contribution < -0.4 is 14.8 Å². The number of hydrogen-bond donors (Lipinski definition) is 1. The molecule has 0 atom stereocenters. The first-order valence-corrected chi connectivity index (χ1v) is 11.8. The molecule has 0 amide bonds. The molecule has 0 saturated heterocycles. The van der Waals surface area contributed by atoms with Crippen molar-refractivity contribution in [3.63, 3.8) is 0 Å². The fraction of sp³-hybridized carbons (Fsp3) is 0.280. The fourth-order valence-electron chi connectivity index (χ4n) is 4.24. The second-order valence-corrected chi connectivity index (χ2v) is 9.01. The summed E-state index contributed by atoms with van der Waals surface area (Å²) in [5.41, 5.74) is 2.53. The van der Waals surface area contributed by atoms with E-state index in [1.807, 2.05) is 30.5 Å². The minimum atomic E-state index is -0.580. The molecule has 7 nitrogen and oxygen atoms in total. The first kappa shape index (κ1) is 21.6. The van der Waals surface area contributed by atoms with Crippen molar-refractivity contribution in [3.05, 3.63) is 65.2 Å². The van der Waals surface area contributed by atoms with Gasteiger partial charge in [0.2, 0.25) is 5.76 Å². The number of nitrogens with zero attached hydrogens (tertiary/aromatic N) is 2. The first-order chi connectivity index (χ1) is 16.1. The van der Waals surface area contributed by atoms with Crippen LogP contribution in [0, 0.1) is 0 Å². The van der Waals surface area contributed by atoms with Crippen LogP contribution in [-0.4, -0.2) is 28.5 Å². The SMILES string of the molecule is COc1cc(-c2nc3ccc(Br)cn3c2NC2CCCCC2)ccc1OC(=O)c1ccco1. The molecule has 3 heterocycles. The minimum Gasteiger partial charge on any atom is -0.493 e. The molecule has 170 valence electrons. The van der Waals surface area contributed by atoms with Crippen LogP contribution in [0.3, 0.4) is 0 Å². The molecule has 0 radical (unpaired) electrons. The minimum absolute atomic E-state index is 0.131. The van der Waals surface area contributed by atoms with Crippen molar-refractivity contribution < 1.29 is 18.7 Å². The van der Waals surface area contributed by atoms with Crippen molar-refractivity contribution in [1.82, 2.24) is 9.38 Å². The highest BCUT2D eigenvalue weighted by atomic mass is 79.9. The third-order valence-corrected chi connectivity index (χ3v) is 6.36. The third-order valence-electron chi connectivity index (χ3n) is 5.89. The van der Waals surface area contributed by atoms with E-state index in [1.54, 1.807) is 25.3 Å². The summed E-state index contributed by atoms with van der Waals surface area (Å²) in [4.78, 5) is 17.2. The number of furan rings is 1. The summed E-state index contributed by atoms with van der Waals surface area (Å²) in [6, 6.07) is 13.0. The number of imidazole rings is 1. The van der Waals surface area contributed by atoms with Crippen LogP contribution in [0.4, 0.5) is 5.82 Å². The average molecular weight is 510 g/mol. The number of nitrogens with one attached hydrogen (secondary N) is 1. The number of carbonyl (C=O) groups is 1. The Balaban J connectivity index is 1.52. The number of pyridine rings is 1. The summed E-state index contributed by atoms with van der Waals surface area (Å²) >= 11 is 3.58. The summed E-state index contributed by atoms with van der Waals surface area (Å²) < 4.78 is 19.2. The Labute approximate surface area is 199 Å². The smallest absolute Gasteiger partial charge is 0.379 e. The van der Waals surface area contributed by atoms with E-state index in [0.717, 1.165) is 40.0 Å². The Morgan fingerprint density at radius 3 is 2.76 bits per heavy atom. The van der Waals surface area contributed by atoms with Gasteiger partial charge in [-0.05, 0) is 71.2 Å². The molecule has 0 unspecified atom stereocenters. The number of methoxy groups -OCH3 is 1. The van der Waals surface area contributed by atoms with E-state index in [0.29, 0.717) is 17.5 Å². The molecular formula is C25H24BrN3O4. The van der Waals surface area contributed by atoms with Crippen LogP contribution in [0.25, 0.3) is 16.9 Å². The van der Waals surface area contributed by atoms with Crippen molar-refractivity contribution in [2.45, 2.75) is 38.1 Å². The number of carbonyl (C=O) groups excluding carboxylic acids is 1.